The van der Waals surface area contributed by atoms with E-state index in [9.17, 15) is 13.2 Å². The van der Waals surface area contributed by atoms with E-state index in [2.05, 4.69) is 30.9 Å². The lowest BCUT2D eigenvalue weighted by atomic mass is 9.97. The number of nitrogens with one attached hydrogen (secondary N) is 1. The van der Waals surface area contributed by atoms with Crippen molar-refractivity contribution in [3.8, 4) is 5.75 Å². The van der Waals surface area contributed by atoms with Crippen LogP contribution in [0.3, 0.4) is 0 Å². The van der Waals surface area contributed by atoms with Gasteiger partial charge in [-0.05, 0) is 30.5 Å². The van der Waals surface area contributed by atoms with Gasteiger partial charge in [-0.1, -0.05) is 28.8 Å². The van der Waals surface area contributed by atoms with Crippen LogP contribution in [0.15, 0.2) is 22.7 Å². The van der Waals surface area contributed by atoms with Crippen molar-refractivity contribution in [2.24, 2.45) is 5.92 Å². The Morgan fingerprint density at radius 3 is 2.57 bits per heavy atom. The summed E-state index contributed by atoms with van der Waals surface area (Å²) in [5, 5.41) is 3.29. The Balaban J connectivity index is 1.91. The molecule has 1 saturated heterocycles. The lowest BCUT2D eigenvalue weighted by Crippen LogP contribution is -2.45. The van der Waals surface area contributed by atoms with E-state index in [4.69, 9.17) is 0 Å². The zero-order valence-electron chi connectivity index (χ0n) is 12.7. The van der Waals surface area contributed by atoms with E-state index in [1.807, 2.05) is 0 Å². The monoisotopic (exact) mass is 392 g/mol. The van der Waals surface area contributed by atoms with Crippen LogP contribution in [-0.4, -0.2) is 37.4 Å². The molecule has 3 rings (SSSR count). The molecule has 0 unspecified atom stereocenters. The first-order valence-corrected chi connectivity index (χ1v) is 8.71. The molecule has 2 fully saturated rings. The number of hydrogen-bond donors (Lipinski definition) is 1. The van der Waals surface area contributed by atoms with Crippen molar-refractivity contribution in [1.29, 1.82) is 0 Å². The molecule has 1 heterocycles. The van der Waals surface area contributed by atoms with E-state index in [0.717, 1.165) is 37.1 Å². The van der Waals surface area contributed by atoms with Gasteiger partial charge in [0.1, 0.15) is 5.75 Å². The summed E-state index contributed by atoms with van der Waals surface area (Å²) in [5.41, 5.74) is 0.630. The predicted molar refractivity (Wildman–Crippen MR) is 85.3 cm³/mol. The van der Waals surface area contributed by atoms with Gasteiger partial charge in [-0.3, -0.25) is 4.90 Å². The first kappa shape index (κ1) is 17.0. The SMILES string of the molecule is FC(F)(F)Oc1ccc(Br)cc1[C@H](CC1CC1)N1CCNCC1. The van der Waals surface area contributed by atoms with Gasteiger partial charge >= 0.3 is 6.36 Å². The lowest BCUT2D eigenvalue weighted by molar-refractivity contribution is -0.275. The topological polar surface area (TPSA) is 24.5 Å². The van der Waals surface area contributed by atoms with Gasteiger partial charge in [0.2, 0.25) is 0 Å². The molecule has 0 spiro atoms. The molecular formula is C16H20BrF3N2O. The fraction of sp³-hybridized carbons (Fsp3) is 0.625. The van der Waals surface area contributed by atoms with Gasteiger partial charge in [0.25, 0.3) is 0 Å². The normalized spacial score (nSPS) is 21.2. The molecule has 1 aliphatic heterocycles. The van der Waals surface area contributed by atoms with E-state index in [-0.39, 0.29) is 11.8 Å². The Morgan fingerprint density at radius 2 is 1.96 bits per heavy atom. The van der Waals surface area contributed by atoms with Crippen molar-refractivity contribution in [2.45, 2.75) is 31.7 Å². The highest BCUT2D eigenvalue weighted by Gasteiger charge is 2.36. The molecule has 0 amide bonds. The molecule has 2 aliphatic rings. The molecule has 1 aromatic rings. The van der Waals surface area contributed by atoms with E-state index < -0.39 is 6.36 Å². The maximum absolute atomic E-state index is 12.7. The minimum atomic E-state index is -4.67. The summed E-state index contributed by atoms with van der Waals surface area (Å²) in [6.07, 6.45) is -1.43. The Morgan fingerprint density at radius 1 is 1.26 bits per heavy atom. The summed E-state index contributed by atoms with van der Waals surface area (Å²) in [4.78, 5) is 2.28. The largest absolute Gasteiger partial charge is 0.573 e. The molecule has 23 heavy (non-hydrogen) atoms. The van der Waals surface area contributed by atoms with Gasteiger partial charge in [-0.25, -0.2) is 0 Å². The van der Waals surface area contributed by atoms with Crippen molar-refractivity contribution in [2.75, 3.05) is 26.2 Å². The number of halogens is 4. The molecule has 1 saturated carbocycles. The second-order valence-corrected chi connectivity index (χ2v) is 7.13. The Hall–Kier alpha value is -0.790. The molecule has 0 radical (unpaired) electrons. The summed E-state index contributed by atoms with van der Waals surface area (Å²) in [5.74, 6) is 0.539. The molecule has 0 aromatic heterocycles. The van der Waals surface area contributed by atoms with Crippen molar-refractivity contribution in [3.63, 3.8) is 0 Å². The summed E-state index contributed by atoms with van der Waals surface area (Å²) in [6, 6.07) is 4.75. The zero-order valence-corrected chi connectivity index (χ0v) is 14.3. The standard InChI is InChI=1S/C16H20BrF3N2O/c17-12-3-4-15(23-16(18,19)20)13(10-12)14(9-11-1-2-11)22-7-5-21-6-8-22/h3-4,10-11,14,21H,1-2,5-9H2/t14-/m0/s1. The number of ether oxygens (including phenoxy) is 1. The van der Waals surface area contributed by atoms with Gasteiger partial charge in [0.05, 0.1) is 0 Å². The fourth-order valence-electron chi connectivity index (χ4n) is 3.13. The van der Waals surface area contributed by atoms with Gasteiger partial charge < -0.3 is 10.1 Å². The maximum Gasteiger partial charge on any atom is 0.573 e. The van der Waals surface area contributed by atoms with Crippen LogP contribution in [0.1, 0.15) is 30.9 Å². The Labute approximate surface area is 142 Å². The third-order valence-corrected chi connectivity index (χ3v) is 4.90. The van der Waals surface area contributed by atoms with Crippen molar-refractivity contribution in [1.82, 2.24) is 10.2 Å². The molecule has 3 nitrogen and oxygen atoms in total. The Kier molecular flexibility index (Phi) is 5.18. The van der Waals surface area contributed by atoms with Gasteiger partial charge in [-0.2, -0.15) is 0 Å². The van der Waals surface area contributed by atoms with Crippen molar-refractivity contribution >= 4 is 15.9 Å². The number of nitrogens with zero attached hydrogens (tertiary/aromatic N) is 1. The minimum absolute atomic E-state index is 0.0283. The summed E-state index contributed by atoms with van der Waals surface area (Å²) in [7, 11) is 0. The molecule has 1 atom stereocenters. The van der Waals surface area contributed by atoms with Crippen molar-refractivity contribution in [3.05, 3.63) is 28.2 Å². The Bertz CT molecular complexity index is 543. The van der Waals surface area contributed by atoms with E-state index >= 15 is 0 Å². The summed E-state index contributed by atoms with van der Waals surface area (Å²) in [6.45, 7) is 3.42. The first-order valence-electron chi connectivity index (χ1n) is 7.92. The highest BCUT2D eigenvalue weighted by Crippen LogP contribution is 2.43. The van der Waals surface area contributed by atoms with Gasteiger partial charge in [0.15, 0.2) is 0 Å². The highest BCUT2D eigenvalue weighted by atomic mass is 79.9. The van der Waals surface area contributed by atoms with E-state index in [1.54, 1.807) is 12.1 Å². The zero-order chi connectivity index (χ0) is 16.4. The number of rotatable bonds is 5. The average Bonchev–Trinajstić information content (AvgIpc) is 3.30. The average molecular weight is 393 g/mol. The molecule has 1 N–H and O–H groups in total. The smallest absolute Gasteiger partial charge is 0.405 e. The molecule has 1 aliphatic carbocycles. The van der Waals surface area contributed by atoms with E-state index in [0.29, 0.717) is 11.5 Å². The van der Waals surface area contributed by atoms with Crippen LogP contribution in [0, 0.1) is 5.92 Å². The highest BCUT2D eigenvalue weighted by molar-refractivity contribution is 9.10. The number of hydrogen-bond acceptors (Lipinski definition) is 3. The number of alkyl halides is 3. The maximum atomic E-state index is 12.7. The molecule has 1 aromatic carbocycles. The second kappa shape index (κ2) is 6.99. The number of piperazine rings is 1. The van der Waals surface area contributed by atoms with E-state index in [1.165, 1.54) is 18.9 Å². The lowest BCUT2D eigenvalue weighted by Gasteiger charge is -2.36. The number of benzene rings is 1. The molecule has 0 bridgehead atoms. The third-order valence-electron chi connectivity index (χ3n) is 4.40. The summed E-state index contributed by atoms with van der Waals surface area (Å²) >= 11 is 3.38. The fourth-order valence-corrected chi connectivity index (χ4v) is 3.51. The van der Waals surface area contributed by atoms with Crippen LogP contribution in [0.4, 0.5) is 13.2 Å². The quantitative estimate of drug-likeness (QED) is 0.816. The molecule has 128 valence electrons. The predicted octanol–water partition coefficient (Wildman–Crippen LogP) is 4.09. The van der Waals surface area contributed by atoms with Crippen LogP contribution in [0.2, 0.25) is 0 Å². The first-order chi connectivity index (χ1) is 10.9. The van der Waals surface area contributed by atoms with Gasteiger partial charge in [0, 0.05) is 42.3 Å². The van der Waals surface area contributed by atoms with Gasteiger partial charge in [-0.15, -0.1) is 13.2 Å². The van der Waals surface area contributed by atoms with Crippen LogP contribution in [-0.2, 0) is 0 Å². The second-order valence-electron chi connectivity index (χ2n) is 6.21. The van der Waals surface area contributed by atoms with Crippen LogP contribution in [0.5, 0.6) is 5.75 Å². The molecule has 7 heteroatoms. The third kappa shape index (κ3) is 4.84. The van der Waals surface area contributed by atoms with Crippen LogP contribution < -0.4 is 10.1 Å². The summed E-state index contributed by atoms with van der Waals surface area (Å²) < 4.78 is 43.3. The minimum Gasteiger partial charge on any atom is -0.405 e. The molecular weight excluding hydrogens is 373 g/mol. The van der Waals surface area contributed by atoms with Crippen molar-refractivity contribution < 1.29 is 17.9 Å². The van der Waals surface area contributed by atoms with Crippen LogP contribution in [0.25, 0.3) is 0 Å². The van der Waals surface area contributed by atoms with Crippen LogP contribution >= 0.6 is 15.9 Å².